The third kappa shape index (κ3) is 3.59. The van der Waals surface area contributed by atoms with Gasteiger partial charge in [-0.2, -0.15) is 5.10 Å². The molecule has 0 N–H and O–H groups in total. The van der Waals surface area contributed by atoms with E-state index in [4.69, 9.17) is 0 Å². The van der Waals surface area contributed by atoms with E-state index in [1.165, 1.54) is 17.4 Å². The highest BCUT2D eigenvalue weighted by atomic mass is 32.1. The molecule has 0 atom stereocenters. The molecule has 0 aliphatic rings. The third-order valence-corrected chi connectivity index (χ3v) is 5.26. The largest absolute Gasteiger partial charge is 0.282 e. The molecule has 4 aromatic rings. The van der Waals surface area contributed by atoms with Crippen molar-refractivity contribution in [3.05, 3.63) is 77.9 Å². The molecule has 136 valence electrons. The number of carbonyl (C=O) groups excluding carboxylic acids is 1. The van der Waals surface area contributed by atoms with E-state index in [-0.39, 0.29) is 11.7 Å². The Balaban J connectivity index is 1.72. The topological polar surface area (TPSA) is 51.0 Å². The zero-order valence-electron chi connectivity index (χ0n) is 14.7. The second-order valence-electron chi connectivity index (χ2n) is 6.18. The van der Waals surface area contributed by atoms with Gasteiger partial charge in [-0.05, 0) is 37.3 Å². The number of amides is 1. The molecule has 7 heteroatoms. The molecule has 0 unspecified atom stereocenters. The number of thiazole rings is 1. The molecular weight excluding hydrogens is 363 g/mol. The van der Waals surface area contributed by atoms with E-state index in [0.717, 1.165) is 5.56 Å². The molecule has 0 bridgehead atoms. The van der Waals surface area contributed by atoms with E-state index < -0.39 is 0 Å². The Bertz CT molecular complexity index is 1090. The molecule has 2 heterocycles. The summed E-state index contributed by atoms with van der Waals surface area (Å²) in [6, 6.07) is 14.1. The molecule has 0 saturated heterocycles. The Labute approximate surface area is 159 Å². The second-order valence-corrected chi connectivity index (χ2v) is 7.19. The molecule has 5 nitrogen and oxygen atoms in total. The van der Waals surface area contributed by atoms with E-state index in [9.17, 15) is 9.18 Å². The lowest BCUT2D eigenvalue weighted by Gasteiger charge is -2.20. The number of rotatable bonds is 5. The summed E-state index contributed by atoms with van der Waals surface area (Å²) < 4.78 is 16.5. The van der Waals surface area contributed by atoms with Crippen LogP contribution < -0.4 is 4.90 Å². The third-order valence-electron chi connectivity index (χ3n) is 4.21. The molecule has 0 aliphatic carbocycles. The summed E-state index contributed by atoms with van der Waals surface area (Å²) in [5.41, 5.74) is 1.87. The van der Waals surface area contributed by atoms with Crippen LogP contribution in [0.25, 0.3) is 10.2 Å². The fraction of sp³-hybridized carbons (Fsp3) is 0.150. The van der Waals surface area contributed by atoms with Gasteiger partial charge in [-0.3, -0.25) is 14.4 Å². The highest BCUT2D eigenvalue weighted by molar-refractivity contribution is 7.22. The standard InChI is InChI=1S/C20H17FN4OS/c1-14-5-2-6-15(13-14)19(26)25(12-11-24-10-4-9-22-24)20-23-18-16(21)7-3-8-17(18)27-20/h2-10,13H,11-12H2,1H3. The van der Waals surface area contributed by atoms with Gasteiger partial charge >= 0.3 is 0 Å². The number of aryl methyl sites for hydroxylation is 1. The van der Waals surface area contributed by atoms with Crippen molar-refractivity contribution in [2.75, 3.05) is 11.4 Å². The van der Waals surface area contributed by atoms with Gasteiger partial charge in [0.05, 0.1) is 11.2 Å². The molecule has 2 aromatic carbocycles. The van der Waals surface area contributed by atoms with Crippen molar-refractivity contribution in [1.29, 1.82) is 0 Å². The Kier molecular flexibility index (Phi) is 4.68. The van der Waals surface area contributed by atoms with Crippen molar-refractivity contribution in [1.82, 2.24) is 14.8 Å². The van der Waals surface area contributed by atoms with E-state index in [1.54, 1.807) is 27.9 Å². The highest BCUT2D eigenvalue weighted by Crippen LogP contribution is 2.31. The Morgan fingerprint density at radius 2 is 2.07 bits per heavy atom. The number of hydrogen-bond acceptors (Lipinski definition) is 4. The molecular formula is C20H17FN4OS. The lowest BCUT2D eigenvalue weighted by atomic mass is 10.1. The van der Waals surface area contributed by atoms with Crippen LogP contribution in [0.1, 0.15) is 15.9 Å². The first-order chi connectivity index (χ1) is 13.1. The molecule has 0 fully saturated rings. The number of halogens is 1. The molecule has 4 rings (SSSR count). The second kappa shape index (κ2) is 7.28. The van der Waals surface area contributed by atoms with Crippen LogP contribution in [-0.4, -0.2) is 27.2 Å². The first-order valence-corrected chi connectivity index (χ1v) is 9.34. The number of anilines is 1. The van der Waals surface area contributed by atoms with Crippen molar-refractivity contribution in [3.63, 3.8) is 0 Å². The van der Waals surface area contributed by atoms with Crippen LogP contribution in [0.2, 0.25) is 0 Å². The normalized spacial score (nSPS) is 11.0. The fourth-order valence-corrected chi connectivity index (χ4v) is 3.88. The van der Waals surface area contributed by atoms with Gasteiger partial charge in [-0.25, -0.2) is 9.37 Å². The molecule has 27 heavy (non-hydrogen) atoms. The van der Waals surface area contributed by atoms with E-state index in [2.05, 4.69) is 10.1 Å². The lowest BCUT2D eigenvalue weighted by molar-refractivity contribution is 0.0985. The summed E-state index contributed by atoms with van der Waals surface area (Å²) in [7, 11) is 0. The number of benzene rings is 2. The van der Waals surface area contributed by atoms with Crippen LogP contribution >= 0.6 is 11.3 Å². The summed E-state index contributed by atoms with van der Waals surface area (Å²) in [5.74, 6) is -0.546. The maximum absolute atomic E-state index is 14.1. The number of carbonyl (C=O) groups is 1. The zero-order chi connectivity index (χ0) is 18.8. The monoisotopic (exact) mass is 380 g/mol. The zero-order valence-corrected chi connectivity index (χ0v) is 15.5. The lowest BCUT2D eigenvalue weighted by Crippen LogP contribution is -2.34. The van der Waals surface area contributed by atoms with Crippen molar-refractivity contribution in [2.24, 2.45) is 0 Å². The predicted octanol–water partition coefficient (Wildman–Crippen LogP) is 4.29. The van der Waals surface area contributed by atoms with Crippen molar-refractivity contribution < 1.29 is 9.18 Å². The average Bonchev–Trinajstić information content (AvgIpc) is 3.32. The van der Waals surface area contributed by atoms with Crippen LogP contribution in [0.4, 0.5) is 9.52 Å². The number of fused-ring (bicyclic) bond motifs is 1. The van der Waals surface area contributed by atoms with Gasteiger partial charge in [0.15, 0.2) is 5.13 Å². The van der Waals surface area contributed by atoms with Gasteiger partial charge < -0.3 is 0 Å². The van der Waals surface area contributed by atoms with Gasteiger partial charge in [-0.1, -0.05) is 35.1 Å². The molecule has 2 aromatic heterocycles. The summed E-state index contributed by atoms with van der Waals surface area (Å²) in [6.07, 6.45) is 3.53. The number of aromatic nitrogens is 3. The van der Waals surface area contributed by atoms with Crippen molar-refractivity contribution in [3.8, 4) is 0 Å². The summed E-state index contributed by atoms with van der Waals surface area (Å²) in [4.78, 5) is 19.2. The molecule has 0 aliphatic heterocycles. The van der Waals surface area contributed by atoms with E-state index in [0.29, 0.717) is 34.0 Å². The van der Waals surface area contributed by atoms with Crippen molar-refractivity contribution >= 4 is 32.6 Å². The molecule has 1 amide bonds. The highest BCUT2D eigenvalue weighted by Gasteiger charge is 2.22. The Hall–Kier alpha value is -3.06. The number of hydrogen-bond donors (Lipinski definition) is 0. The number of nitrogens with zero attached hydrogens (tertiary/aromatic N) is 4. The van der Waals surface area contributed by atoms with Gasteiger partial charge in [0.25, 0.3) is 5.91 Å². The van der Waals surface area contributed by atoms with E-state index in [1.807, 2.05) is 43.5 Å². The minimum atomic E-state index is -0.384. The van der Waals surface area contributed by atoms with Gasteiger partial charge in [0.1, 0.15) is 11.3 Å². The van der Waals surface area contributed by atoms with Crippen LogP contribution in [0.3, 0.4) is 0 Å². The smallest absolute Gasteiger partial charge is 0.260 e. The summed E-state index contributed by atoms with van der Waals surface area (Å²) in [5, 5.41) is 4.67. The fourth-order valence-electron chi connectivity index (χ4n) is 2.87. The predicted molar refractivity (Wildman–Crippen MR) is 105 cm³/mol. The minimum Gasteiger partial charge on any atom is -0.282 e. The maximum Gasteiger partial charge on any atom is 0.260 e. The van der Waals surface area contributed by atoms with Crippen LogP contribution in [0.5, 0.6) is 0 Å². The van der Waals surface area contributed by atoms with Crippen molar-refractivity contribution in [2.45, 2.75) is 13.5 Å². The first-order valence-electron chi connectivity index (χ1n) is 8.53. The van der Waals surface area contributed by atoms with Gasteiger partial charge in [0.2, 0.25) is 0 Å². The van der Waals surface area contributed by atoms with Crippen LogP contribution in [-0.2, 0) is 6.54 Å². The SMILES string of the molecule is Cc1cccc(C(=O)N(CCn2cccn2)c2nc3c(F)cccc3s2)c1. The Morgan fingerprint density at radius 1 is 1.22 bits per heavy atom. The average molecular weight is 380 g/mol. The summed E-state index contributed by atoms with van der Waals surface area (Å²) >= 11 is 1.31. The van der Waals surface area contributed by atoms with Crippen LogP contribution in [0.15, 0.2) is 60.9 Å². The summed E-state index contributed by atoms with van der Waals surface area (Å²) in [6.45, 7) is 2.84. The van der Waals surface area contributed by atoms with E-state index >= 15 is 0 Å². The maximum atomic E-state index is 14.1. The number of para-hydroxylation sites is 1. The Morgan fingerprint density at radius 3 is 2.81 bits per heavy atom. The minimum absolute atomic E-state index is 0.162. The molecule has 0 spiro atoms. The van der Waals surface area contributed by atoms with Gasteiger partial charge in [-0.15, -0.1) is 0 Å². The van der Waals surface area contributed by atoms with Gasteiger partial charge in [0, 0.05) is 24.5 Å². The quantitative estimate of drug-likeness (QED) is 0.519. The first kappa shape index (κ1) is 17.4. The molecule has 0 saturated carbocycles. The molecule has 0 radical (unpaired) electrons. The van der Waals surface area contributed by atoms with Crippen LogP contribution in [0, 0.1) is 12.7 Å².